The number of amides is 1. The van der Waals surface area contributed by atoms with E-state index in [1.807, 2.05) is 18.2 Å². The van der Waals surface area contributed by atoms with Crippen LogP contribution >= 0.6 is 0 Å². The highest BCUT2D eigenvalue weighted by Crippen LogP contribution is 2.18. The molecule has 1 heterocycles. The van der Waals surface area contributed by atoms with Crippen molar-refractivity contribution < 1.29 is 4.79 Å². The Morgan fingerprint density at radius 3 is 2.48 bits per heavy atom. The zero-order valence-electron chi connectivity index (χ0n) is 17.1. The SMILES string of the molecule is CN=C(NCc1ccccc1)NCc1cccc(CN2CCCC(C(N)=O)C2)c1. The van der Waals surface area contributed by atoms with Crippen molar-refractivity contribution in [3.05, 3.63) is 71.3 Å². The van der Waals surface area contributed by atoms with E-state index in [1.54, 1.807) is 7.05 Å². The van der Waals surface area contributed by atoms with Crippen molar-refractivity contribution >= 4 is 11.9 Å². The van der Waals surface area contributed by atoms with Crippen LogP contribution in [0.5, 0.6) is 0 Å². The van der Waals surface area contributed by atoms with Crippen LogP contribution in [0.15, 0.2) is 59.6 Å². The summed E-state index contributed by atoms with van der Waals surface area (Å²) in [6.45, 7) is 4.05. The Kier molecular flexibility index (Phi) is 7.64. The van der Waals surface area contributed by atoms with E-state index in [0.717, 1.165) is 45.0 Å². The van der Waals surface area contributed by atoms with Crippen LogP contribution in [0.2, 0.25) is 0 Å². The Balaban J connectivity index is 1.50. The number of hydrogen-bond acceptors (Lipinski definition) is 3. The van der Waals surface area contributed by atoms with Crippen LogP contribution in [0.3, 0.4) is 0 Å². The fraction of sp³-hybridized carbons (Fsp3) is 0.391. The highest BCUT2D eigenvalue weighted by atomic mass is 16.1. The summed E-state index contributed by atoms with van der Waals surface area (Å²) >= 11 is 0. The van der Waals surface area contributed by atoms with Gasteiger partial charge in [0, 0.05) is 33.2 Å². The van der Waals surface area contributed by atoms with E-state index >= 15 is 0 Å². The molecule has 1 amide bonds. The summed E-state index contributed by atoms with van der Waals surface area (Å²) in [4.78, 5) is 18.1. The number of carbonyl (C=O) groups is 1. The molecule has 1 saturated heterocycles. The van der Waals surface area contributed by atoms with Crippen molar-refractivity contribution in [1.29, 1.82) is 0 Å². The Bertz CT molecular complexity index is 821. The van der Waals surface area contributed by atoms with E-state index in [4.69, 9.17) is 5.73 Å². The maximum atomic E-state index is 11.5. The monoisotopic (exact) mass is 393 g/mol. The summed E-state index contributed by atoms with van der Waals surface area (Å²) in [5, 5.41) is 6.71. The molecule has 29 heavy (non-hydrogen) atoms. The van der Waals surface area contributed by atoms with Gasteiger partial charge in [0.1, 0.15) is 0 Å². The maximum Gasteiger partial charge on any atom is 0.221 e. The molecule has 0 aliphatic carbocycles. The summed E-state index contributed by atoms with van der Waals surface area (Å²) in [5.41, 5.74) is 9.17. The van der Waals surface area contributed by atoms with Crippen molar-refractivity contribution in [3.8, 4) is 0 Å². The predicted octanol–water partition coefficient (Wildman–Crippen LogP) is 2.25. The molecular weight excluding hydrogens is 362 g/mol. The lowest BCUT2D eigenvalue weighted by Crippen LogP contribution is -2.40. The van der Waals surface area contributed by atoms with Gasteiger partial charge in [-0.2, -0.15) is 0 Å². The molecule has 0 spiro atoms. The first kappa shape index (κ1) is 20.9. The fourth-order valence-corrected chi connectivity index (χ4v) is 3.72. The van der Waals surface area contributed by atoms with Crippen LogP contribution in [0.1, 0.15) is 29.5 Å². The quantitative estimate of drug-likeness (QED) is 0.498. The van der Waals surface area contributed by atoms with E-state index in [0.29, 0.717) is 6.54 Å². The number of aliphatic imine (C=N–C) groups is 1. The van der Waals surface area contributed by atoms with Gasteiger partial charge in [-0.15, -0.1) is 0 Å². The van der Waals surface area contributed by atoms with E-state index in [1.165, 1.54) is 16.7 Å². The van der Waals surface area contributed by atoms with Crippen LogP contribution < -0.4 is 16.4 Å². The first-order valence-corrected chi connectivity index (χ1v) is 10.2. The van der Waals surface area contributed by atoms with Gasteiger partial charge in [-0.1, -0.05) is 54.6 Å². The molecule has 0 bridgehead atoms. The van der Waals surface area contributed by atoms with Crippen molar-refractivity contribution in [3.63, 3.8) is 0 Å². The van der Waals surface area contributed by atoms with E-state index in [-0.39, 0.29) is 11.8 Å². The summed E-state index contributed by atoms with van der Waals surface area (Å²) in [7, 11) is 1.78. The van der Waals surface area contributed by atoms with Crippen LogP contribution in [0, 0.1) is 5.92 Å². The van der Waals surface area contributed by atoms with Gasteiger partial charge in [-0.05, 0) is 36.1 Å². The van der Waals surface area contributed by atoms with Gasteiger partial charge in [-0.25, -0.2) is 0 Å². The molecule has 6 heteroatoms. The molecule has 2 aromatic carbocycles. The molecule has 2 aromatic rings. The molecule has 0 radical (unpaired) electrons. The molecule has 3 rings (SSSR count). The number of primary amides is 1. The second-order valence-electron chi connectivity index (χ2n) is 7.56. The molecular formula is C23H31N5O. The highest BCUT2D eigenvalue weighted by molar-refractivity contribution is 5.79. The molecule has 0 aromatic heterocycles. The summed E-state index contributed by atoms with van der Waals surface area (Å²) in [5.74, 6) is 0.578. The number of benzene rings is 2. The number of piperidine rings is 1. The van der Waals surface area contributed by atoms with Gasteiger partial charge in [0.15, 0.2) is 5.96 Å². The summed E-state index contributed by atoms with van der Waals surface area (Å²) in [6.07, 6.45) is 1.93. The minimum absolute atomic E-state index is 0.0207. The number of nitrogens with zero attached hydrogens (tertiary/aromatic N) is 2. The zero-order chi connectivity index (χ0) is 20.5. The van der Waals surface area contributed by atoms with Crippen molar-refractivity contribution in [2.45, 2.75) is 32.5 Å². The van der Waals surface area contributed by atoms with Crippen LogP contribution in [-0.4, -0.2) is 36.9 Å². The second-order valence-corrected chi connectivity index (χ2v) is 7.56. The third kappa shape index (κ3) is 6.61. The van der Waals surface area contributed by atoms with Gasteiger partial charge in [0.05, 0.1) is 5.92 Å². The van der Waals surface area contributed by atoms with Crippen LogP contribution in [0.25, 0.3) is 0 Å². The molecule has 6 nitrogen and oxygen atoms in total. The largest absolute Gasteiger partial charge is 0.369 e. The van der Waals surface area contributed by atoms with Gasteiger partial charge >= 0.3 is 0 Å². The number of carbonyl (C=O) groups excluding carboxylic acids is 1. The number of nitrogens with two attached hydrogens (primary N) is 1. The fourth-order valence-electron chi connectivity index (χ4n) is 3.72. The van der Waals surface area contributed by atoms with Gasteiger partial charge in [-0.3, -0.25) is 14.7 Å². The minimum Gasteiger partial charge on any atom is -0.369 e. The molecule has 1 aliphatic heterocycles. The second kappa shape index (κ2) is 10.6. The zero-order valence-corrected chi connectivity index (χ0v) is 17.1. The van der Waals surface area contributed by atoms with Gasteiger partial charge < -0.3 is 16.4 Å². The summed E-state index contributed by atoms with van der Waals surface area (Å²) < 4.78 is 0. The first-order chi connectivity index (χ1) is 14.1. The molecule has 1 unspecified atom stereocenters. The van der Waals surface area contributed by atoms with Crippen molar-refractivity contribution in [2.75, 3.05) is 20.1 Å². The molecule has 154 valence electrons. The Labute approximate surface area is 173 Å². The van der Waals surface area contributed by atoms with Gasteiger partial charge in [0.25, 0.3) is 0 Å². The van der Waals surface area contributed by atoms with Crippen molar-refractivity contribution in [2.24, 2.45) is 16.6 Å². The standard InChI is InChI=1S/C23H31N5O/c1-25-23(26-14-18-7-3-2-4-8-18)27-15-19-9-5-10-20(13-19)16-28-12-6-11-21(17-28)22(24)29/h2-5,7-10,13,21H,6,11-12,14-17H2,1H3,(H2,24,29)(H2,25,26,27). The average Bonchev–Trinajstić information content (AvgIpc) is 2.75. The van der Waals surface area contributed by atoms with Crippen LogP contribution in [0.4, 0.5) is 0 Å². The normalized spacial score (nSPS) is 17.7. The molecule has 1 atom stereocenters. The van der Waals surface area contributed by atoms with Gasteiger partial charge in [0.2, 0.25) is 5.91 Å². The Hall–Kier alpha value is -2.86. The Morgan fingerprint density at radius 1 is 1.07 bits per heavy atom. The summed E-state index contributed by atoms with van der Waals surface area (Å²) in [6, 6.07) is 18.8. The van der Waals surface area contributed by atoms with E-state index < -0.39 is 0 Å². The Morgan fingerprint density at radius 2 is 1.76 bits per heavy atom. The number of nitrogens with one attached hydrogen (secondary N) is 2. The lowest BCUT2D eigenvalue weighted by atomic mass is 9.97. The third-order valence-electron chi connectivity index (χ3n) is 5.29. The predicted molar refractivity (Wildman–Crippen MR) is 117 cm³/mol. The van der Waals surface area contributed by atoms with Crippen molar-refractivity contribution in [1.82, 2.24) is 15.5 Å². The third-order valence-corrected chi connectivity index (χ3v) is 5.29. The molecule has 1 fully saturated rings. The number of hydrogen-bond donors (Lipinski definition) is 3. The van der Waals surface area contributed by atoms with E-state index in [2.05, 4.69) is 56.9 Å². The first-order valence-electron chi connectivity index (χ1n) is 10.2. The van der Waals surface area contributed by atoms with E-state index in [9.17, 15) is 4.79 Å². The smallest absolute Gasteiger partial charge is 0.221 e. The van der Waals surface area contributed by atoms with Crippen LogP contribution in [-0.2, 0) is 24.4 Å². The molecule has 1 aliphatic rings. The number of rotatable bonds is 7. The number of likely N-dealkylation sites (tertiary alicyclic amines) is 1. The minimum atomic E-state index is -0.179. The lowest BCUT2D eigenvalue weighted by molar-refractivity contribution is -0.123. The molecule has 0 saturated carbocycles. The molecule has 4 N–H and O–H groups in total. The average molecular weight is 394 g/mol. The number of guanidine groups is 1. The maximum absolute atomic E-state index is 11.5. The topological polar surface area (TPSA) is 82.8 Å². The highest BCUT2D eigenvalue weighted by Gasteiger charge is 2.23. The lowest BCUT2D eigenvalue weighted by Gasteiger charge is -2.31.